The molecule has 1 nitrogen and oxygen atoms in total. The van der Waals surface area contributed by atoms with E-state index in [0.717, 1.165) is 24.0 Å². The van der Waals surface area contributed by atoms with Crippen LogP contribution >= 0.6 is 0 Å². The highest BCUT2D eigenvalue weighted by Crippen LogP contribution is 2.15. The highest BCUT2D eigenvalue weighted by atomic mass is 19.1. The molecule has 1 rings (SSSR count). The largest absolute Gasteiger partial charge is 0.228 e. The fourth-order valence-electron chi connectivity index (χ4n) is 1.51. The third-order valence-corrected chi connectivity index (χ3v) is 2.08. The monoisotopic (exact) mass is 181 g/mol. The van der Waals surface area contributed by atoms with Crippen molar-refractivity contribution in [2.75, 3.05) is 0 Å². The number of halogens is 1. The standard InChI is InChI=1S/C11H16FN/c1-4-10-9(7-8(2)3)5-6-13-11(10)12/h5-6,8H,4,7H2,1-3H3. The van der Waals surface area contributed by atoms with Crippen LogP contribution in [0.1, 0.15) is 31.9 Å². The van der Waals surface area contributed by atoms with Gasteiger partial charge in [0, 0.05) is 11.8 Å². The van der Waals surface area contributed by atoms with E-state index in [4.69, 9.17) is 0 Å². The predicted octanol–water partition coefficient (Wildman–Crippen LogP) is 2.98. The highest BCUT2D eigenvalue weighted by Gasteiger charge is 2.08. The minimum absolute atomic E-state index is 0.305. The van der Waals surface area contributed by atoms with Crippen molar-refractivity contribution in [2.45, 2.75) is 33.6 Å². The van der Waals surface area contributed by atoms with Crippen molar-refractivity contribution in [2.24, 2.45) is 5.92 Å². The molecule has 1 aromatic rings. The van der Waals surface area contributed by atoms with Gasteiger partial charge in [-0.05, 0) is 30.4 Å². The number of aromatic nitrogens is 1. The lowest BCUT2D eigenvalue weighted by Crippen LogP contribution is -2.02. The van der Waals surface area contributed by atoms with E-state index in [-0.39, 0.29) is 5.95 Å². The molecule has 0 unspecified atom stereocenters. The third-order valence-electron chi connectivity index (χ3n) is 2.08. The van der Waals surface area contributed by atoms with Crippen molar-refractivity contribution in [3.8, 4) is 0 Å². The van der Waals surface area contributed by atoms with Gasteiger partial charge in [0.1, 0.15) is 0 Å². The first-order chi connectivity index (χ1) is 6.15. The van der Waals surface area contributed by atoms with Gasteiger partial charge in [-0.1, -0.05) is 20.8 Å². The van der Waals surface area contributed by atoms with Crippen molar-refractivity contribution in [1.29, 1.82) is 0 Å². The number of rotatable bonds is 3. The average molecular weight is 181 g/mol. The van der Waals surface area contributed by atoms with Crippen LogP contribution in [-0.2, 0) is 12.8 Å². The Balaban J connectivity index is 2.98. The van der Waals surface area contributed by atoms with E-state index < -0.39 is 0 Å². The van der Waals surface area contributed by atoms with Crippen molar-refractivity contribution in [3.63, 3.8) is 0 Å². The van der Waals surface area contributed by atoms with Gasteiger partial charge in [0.05, 0.1) is 0 Å². The molecule has 0 aromatic carbocycles. The molecule has 0 aliphatic heterocycles. The molecule has 0 spiro atoms. The number of hydrogen-bond donors (Lipinski definition) is 0. The molecule has 0 saturated heterocycles. The summed E-state index contributed by atoms with van der Waals surface area (Å²) < 4.78 is 13.2. The molecule has 0 aliphatic rings. The lowest BCUT2D eigenvalue weighted by atomic mass is 9.98. The fourth-order valence-corrected chi connectivity index (χ4v) is 1.51. The van der Waals surface area contributed by atoms with Crippen LogP contribution in [0.4, 0.5) is 4.39 Å². The zero-order valence-electron chi connectivity index (χ0n) is 8.47. The summed E-state index contributed by atoms with van der Waals surface area (Å²) in [7, 11) is 0. The van der Waals surface area contributed by atoms with Crippen LogP contribution in [0.2, 0.25) is 0 Å². The van der Waals surface area contributed by atoms with E-state index in [0.29, 0.717) is 5.92 Å². The van der Waals surface area contributed by atoms with Gasteiger partial charge >= 0.3 is 0 Å². The molecule has 0 aliphatic carbocycles. The summed E-state index contributed by atoms with van der Waals surface area (Å²) in [5.74, 6) is 0.257. The van der Waals surface area contributed by atoms with Crippen LogP contribution in [0.15, 0.2) is 12.3 Å². The van der Waals surface area contributed by atoms with Gasteiger partial charge < -0.3 is 0 Å². The van der Waals surface area contributed by atoms with Gasteiger partial charge in [-0.3, -0.25) is 0 Å². The Morgan fingerprint density at radius 2 is 2.15 bits per heavy atom. The number of nitrogens with zero attached hydrogens (tertiary/aromatic N) is 1. The molecule has 13 heavy (non-hydrogen) atoms. The molecule has 0 N–H and O–H groups in total. The van der Waals surface area contributed by atoms with Crippen LogP contribution < -0.4 is 0 Å². The normalized spacial score (nSPS) is 10.8. The Morgan fingerprint density at radius 3 is 2.69 bits per heavy atom. The smallest absolute Gasteiger partial charge is 0.216 e. The van der Waals surface area contributed by atoms with Gasteiger partial charge in [0.15, 0.2) is 0 Å². The first-order valence-electron chi connectivity index (χ1n) is 4.77. The molecule has 0 amide bonds. The molecule has 0 fully saturated rings. The van der Waals surface area contributed by atoms with Crippen molar-refractivity contribution < 1.29 is 4.39 Å². The second-order valence-electron chi connectivity index (χ2n) is 3.69. The van der Waals surface area contributed by atoms with Gasteiger partial charge in [-0.15, -0.1) is 0 Å². The summed E-state index contributed by atoms with van der Waals surface area (Å²) in [5.41, 5.74) is 1.88. The minimum atomic E-state index is -0.305. The minimum Gasteiger partial charge on any atom is -0.228 e. The molecule has 0 saturated carbocycles. The maximum atomic E-state index is 13.2. The summed E-state index contributed by atoms with van der Waals surface area (Å²) in [5, 5.41) is 0. The van der Waals surface area contributed by atoms with Gasteiger partial charge in [-0.2, -0.15) is 4.39 Å². The summed E-state index contributed by atoms with van der Waals surface area (Å²) in [6.07, 6.45) is 3.20. The summed E-state index contributed by atoms with van der Waals surface area (Å²) >= 11 is 0. The number of hydrogen-bond acceptors (Lipinski definition) is 1. The molecule has 0 bridgehead atoms. The summed E-state index contributed by atoms with van der Waals surface area (Å²) in [6, 6.07) is 1.92. The zero-order chi connectivity index (χ0) is 9.84. The molecule has 0 radical (unpaired) electrons. The summed E-state index contributed by atoms with van der Waals surface area (Å²) in [4.78, 5) is 3.65. The van der Waals surface area contributed by atoms with E-state index in [1.165, 1.54) is 0 Å². The Bertz CT molecular complexity index is 281. The maximum Gasteiger partial charge on any atom is 0.216 e. The van der Waals surface area contributed by atoms with Crippen LogP contribution in [0.3, 0.4) is 0 Å². The topological polar surface area (TPSA) is 12.9 Å². The van der Waals surface area contributed by atoms with Crippen LogP contribution in [0.5, 0.6) is 0 Å². The fraction of sp³-hybridized carbons (Fsp3) is 0.545. The van der Waals surface area contributed by atoms with Crippen LogP contribution in [-0.4, -0.2) is 4.98 Å². The first kappa shape index (κ1) is 10.2. The van der Waals surface area contributed by atoms with E-state index in [9.17, 15) is 4.39 Å². The first-order valence-corrected chi connectivity index (χ1v) is 4.77. The molecule has 0 atom stereocenters. The Labute approximate surface area is 79.0 Å². The predicted molar refractivity (Wildman–Crippen MR) is 52.1 cm³/mol. The van der Waals surface area contributed by atoms with E-state index in [1.807, 2.05) is 13.0 Å². The van der Waals surface area contributed by atoms with Gasteiger partial charge in [0.2, 0.25) is 5.95 Å². The summed E-state index contributed by atoms with van der Waals surface area (Å²) in [6.45, 7) is 6.24. The maximum absolute atomic E-state index is 13.2. The molecule has 1 heterocycles. The van der Waals surface area contributed by atoms with E-state index >= 15 is 0 Å². The molecule has 2 heteroatoms. The van der Waals surface area contributed by atoms with Crippen molar-refractivity contribution >= 4 is 0 Å². The van der Waals surface area contributed by atoms with Gasteiger partial charge in [0.25, 0.3) is 0 Å². The molecular weight excluding hydrogens is 165 g/mol. The van der Waals surface area contributed by atoms with E-state index in [2.05, 4.69) is 18.8 Å². The molecule has 1 aromatic heterocycles. The quantitative estimate of drug-likeness (QED) is 0.653. The average Bonchev–Trinajstić information content (AvgIpc) is 2.03. The van der Waals surface area contributed by atoms with Crippen LogP contribution in [0, 0.1) is 11.9 Å². The number of pyridine rings is 1. The van der Waals surface area contributed by atoms with Crippen LogP contribution in [0.25, 0.3) is 0 Å². The molecular formula is C11H16FN. The third kappa shape index (κ3) is 2.51. The van der Waals surface area contributed by atoms with Crippen molar-refractivity contribution in [1.82, 2.24) is 4.98 Å². The lowest BCUT2D eigenvalue weighted by molar-refractivity contribution is 0.557. The Morgan fingerprint density at radius 1 is 1.46 bits per heavy atom. The second kappa shape index (κ2) is 4.35. The van der Waals surface area contributed by atoms with Gasteiger partial charge in [-0.25, -0.2) is 4.98 Å². The van der Waals surface area contributed by atoms with Crippen molar-refractivity contribution in [3.05, 3.63) is 29.3 Å². The second-order valence-corrected chi connectivity index (χ2v) is 3.69. The van der Waals surface area contributed by atoms with E-state index in [1.54, 1.807) is 6.20 Å². The Hall–Kier alpha value is -0.920. The Kier molecular flexibility index (Phi) is 3.40. The lowest BCUT2D eigenvalue weighted by Gasteiger charge is -2.09. The highest BCUT2D eigenvalue weighted by molar-refractivity contribution is 5.24. The SMILES string of the molecule is CCc1c(CC(C)C)ccnc1F. The molecule has 72 valence electrons. The zero-order valence-corrected chi connectivity index (χ0v) is 8.47.